The fraction of sp³-hybridized carbons (Fsp3) is 0.250. The van der Waals surface area contributed by atoms with Gasteiger partial charge >= 0.3 is 0 Å². The van der Waals surface area contributed by atoms with Crippen molar-refractivity contribution in [3.8, 4) is 5.95 Å². The molecule has 27 heavy (non-hydrogen) atoms. The van der Waals surface area contributed by atoms with Gasteiger partial charge < -0.3 is 0 Å². The second kappa shape index (κ2) is 7.41. The largest absolute Gasteiger partial charge is 0.299 e. The van der Waals surface area contributed by atoms with Gasteiger partial charge in [0.1, 0.15) is 6.33 Å². The molecule has 0 bridgehead atoms. The number of rotatable bonds is 5. The standard InChI is InChI=1S/C16H16Cl2N6O2S/c1-4-11-5-6-12(17)14(13(11)18)23-27(25,26)16-19-8-24(22-16)15-20-9(2)7-10(3)21-15/h5-8,23H,4H2,1-3H3. The summed E-state index contributed by atoms with van der Waals surface area (Å²) in [7, 11) is -4.11. The minimum Gasteiger partial charge on any atom is -0.274 e. The molecule has 2 heterocycles. The van der Waals surface area contributed by atoms with Crippen LogP contribution in [0.15, 0.2) is 29.7 Å². The molecule has 1 N–H and O–H groups in total. The molecule has 3 rings (SSSR count). The molecule has 0 aliphatic carbocycles. The molecular formula is C16H16Cl2N6O2S. The van der Waals surface area contributed by atoms with Gasteiger partial charge in [0.05, 0.1) is 15.7 Å². The molecule has 0 unspecified atom stereocenters. The lowest BCUT2D eigenvalue weighted by molar-refractivity contribution is 0.591. The van der Waals surface area contributed by atoms with E-state index in [1.54, 1.807) is 32.0 Å². The first kappa shape index (κ1) is 19.5. The van der Waals surface area contributed by atoms with Crippen LogP contribution < -0.4 is 4.72 Å². The molecule has 0 aliphatic rings. The van der Waals surface area contributed by atoms with Gasteiger partial charge in [-0.2, -0.15) is 13.1 Å². The van der Waals surface area contributed by atoms with E-state index in [0.717, 1.165) is 17.0 Å². The number of benzene rings is 1. The number of aryl methyl sites for hydroxylation is 3. The summed E-state index contributed by atoms with van der Waals surface area (Å²) < 4.78 is 28.9. The van der Waals surface area contributed by atoms with Crippen molar-refractivity contribution in [3.05, 3.63) is 51.5 Å². The number of hydrogen-bond donors (Lipinski definition) is 1. The van der Waals surface area contributed by atoms with Gasteiger partial charge in [0, 0.05) is 11.4 Å². The van der Waals surface area contributed by atoms with Crippen LogP contribution in [-0.2, 0) is 16.4 Å². The molecule has 11 heteroatoms. The summed E-state index contributed by atoms with van der Waals surface area (Å²) in [5, 5.41) is 3.95. The second-order valence-corrected chi connectivity index (χ2v) is 8.14. The van der Waals surface area contributed by atoms with Crippen LogP contribution in [-0.4, -0.2) is 33.2 Å². The quantitative estimate of drug-likeness (QED) is 0.670. The first-order valence-corrected chi connectivity index (χ1v) is 10.2. The number of nitrogens with one attached hydrogen (secondary N) is 1. The minimum atomic E-state index is -4.11. The second-order valence-electron chi connectivity index (χ2n) is 5.78. The lowest BCUT2D eigenvalue weighted by Crippen LogP contribution is -2.16. The summed E-state index contributed by atoms with van der Waals surface area (Å²) in [4.78, 5) is 12.3. The normalized spacial score (nSPS) is 11.6. The predicted octanol–water partition coefficient (Wildman–Crippen LogP) is 3.34. The molecule has 0 aliphatic heterocycles. The van der Waals surface area contributed by atoms with E-state index in [4.69, 9.17) is 23.2 Å². The fourth-order valence-corrected chi connectivity index (χ4v) is 4.08. The molecule has 8 nitrogen and oxygen atoms in total. The number of sulfonamides is 1. The van der Waals surface area contributed by atoms with Crippen LogP contribution in [0.4, 0.5) is 5.69 Å². The fourth-order valence-electron chi connectivity index (χ4n) is 2.42. The summed E-state index contributed by atoms with van der Waals surface area (Å²) in [6, 6.07) is 5.12. The van der Waals surface area contributed by atoms with Crippen LogP contribution >= 0.6 is 23.2 Å². The number of hydrogen-bond acceptors (Lipinski definition) is 6. The van der Waals surface area contributed by atoms with Crippen LogP contribution in [0.2, 0.25) is 10.0 Å². The van der Waals surface area contributed by atoms with Gasteiger partial charge in [-0.05, 0) is 38.0 Å². The highest BCUT2D eigenvalue weighted by molar-refractivity contribution is 7.92. The Hall–Kier alpha value is -2.23. The van der Waals surface area contributed by atoms with Crippen molar-refractivity contribution in [3.63, 3.8) is 0 Å². The average molecular weight is 427 g/mol. The molecule has 0 atom stereocenters. The van der Waals surface area contributed by atoms with Gasteiger partial charge in [-0.3, -0.25) is 4.72 Å². The zero-order chi connectivity index (χ0) is 19.8. The molecule has 0 radical (unpaired) electrons. The molecule has 0 spiro atoms. The van der Waals surface area contributed by atoms with Crippen LogP contribution in [0, 0.1) is 13.8 Å². The Bertz CT molecular complexity index is 1090. The zero-order valence-electron chi connectivity index (χ0n) is 14.7. The molecule has 0 saturated carbocycles. The third-order valence-corrected chi connectivity index (χ3v) is 5.56. The van der Waals surface area contributed by atoms with Crippen molar-refractivity contribution < 1.29 is 8.42 Å². The summed E-state index contributed by atoms with van der Waals surface area (Å²) in [6.45, 7) is 5.51. The summed E-state index contributed by atoms with van der Waals surface area (Å²) in [6.07, 6.45) is 1.86. The lowest BCUT2D eigenvalue weighted by atomic mass is 10.1. The molecule has 1 aromatic carbocycles. The molecule has 0 amide bonds. The van der Waals surface area contributed by atoms with E-state index < -0.39 is 15.2 Å². The molecule has 0 saturated heterocycles. The molecule has 3 aromatic rings. The van der Waals surface area contributed by atoms with E-state index in [1.165, 1.54) is 11.0 Å². The molecule has 2 aromatic heterocycles. The van der Waals surface area contributed by atoms with Gasteiger partial charge in [-0.1, -0.05) is 36.2 Å². The van der Waals surface area contributed by atoms with E-state index in [1.807, 2.05) is 6.92 Å². The topological polar surface area (TPSA) is 103 Å². The number of nitrogens with zero attached hydrogens (tertiary/aromatic N) is 5. The zero-order valence-corrected chi connectivity index (χ0v) is 17.1. The van der Waals surface area contributed by atoms with E-state index in [2.05, 4.69) is 24.8 Å². The third-order valence-electron chi connectivity index (χ3n) is 3.68. The highest BCUT2D eigenvalue weighted by Gasteiger charge is 2.24. The number of anilines is 1. The molecule has 142 valence electrons. The predicted molar refractivity (Wildman–Crippen MR) is 103 cm³/mol. The summed E-state index contributed by atoms with van der Waals surface area (Å²) in [5.41, 5.74) is 2.31. The Morgan fingerprint density at radius 3 is 2.44 bits per heavy atom. The summed E-state index contributed by atoms with van der Waals surface area (Å²) in [5.74, 6) is 0.227. The van der Waals surface area contributed by atoms with Crippen LogP contribution in [0.25, 0.3) is 5.95 Å². The van der Waals surface area contributed by atoms with E-state index >= 15 is 0 Å². The minimum absolute atomic E-state index is 0.0942. The lowest BCUT2D eigenvalue weighted by Gasteiger charge is -2.12. The molecular weight excluding hydrogens is 411 g/mol. The van der Waals surface area contributed by atoms with Gasteiger partial charge in [-0.25, -0.2) is 15.0 Å². The van der Waals surface area contributed by atoms with E-state index in [0.29, 0.717) is 6.42 Å². The van der Waals surface area contributed by atoms with Crippen LogP contribution in [0.5, 0.6) is 0 Å². The maximum absolute atomic E-state index is 12.7. The Balaban J connectivity index is 1.97. The van der Waals surface area contributed by atoms with Gasteiger partial charge in [0.15, 0.2) is 0 Å². The number of halogens is 2. The average Bonchev–Trinajstić information content (AvgIpc) is 3.09. The van der Waals surface area contributed by atoms with Gasteiger partial charge in [0.2, 0.25) is 0 Å². The van der Waals surface area contributed by atoms with Crippen LogP contribution in [0.3, 0.4) is 0 Å². The van der Waals surface area contributed by atoms with Crippen molar-refractivity contribution in [1.29, 1.82) is 0 Å². The van der Waals surface area contributed by atoms with E-state index in [9.17, 15) is 8.42 Å². The Morgan fingerprint density at radius 2 is 1.81 bits per heavy atom. The SMILES string of the molecule is CCc1ccc(Cl)c(NS(=O)(=O)c2ncn(-c3nc(C)cc(C)n3)n2)c1Cl. The monoisotopic (exact) mass is 426 g/mol. The van der Waals surface area contributed by atoms with Gasteiger partial charge in [-0.15, -0.1) is 5.10 Å². The third kappa shape index (κ3) is 4.05. The maximum Gasteiger partial charge on any atom is 0.299 e. The first-order valence-electron chi connectivity index (χ1n) is 7.95. The Labute approximate surface area is 166 Å². The highest BCUT2D eigenvalue weighted by atomic mass is 35.5. The van der Waals surface area contributed by atoms with Crippen molar-refractivity contribution in [2.45, 2.75) is 32.3 Å². The first-order chi connectivity index (χ1) is 12.7. The van der Waals surface area contributed by atoms with Crippen molar-refractivity contribution >= 4 is 38.9 Å². The van der Waals surface area contributed by atoms with Gasteiger partial charge in [0.25, 0.3) is 21.1 Å². The number of aromatic nitrogens is 5. The van der Waals surface area contributed by atoms with Crippen molar-refractivity contribution in [2.24, 2.45) is 0 Å². The Kier molecular flexibility index (Phi) is 5.36. The van der Waals surface area contributed by atoms with Crippen molar-refractivity contribution in [1.82, 2.24) is 24.7 Å². The summed E-state index contributed by atoms with van der Waals surface area (Å²) >= 11 is 12.4. The smallest absolute Gasteiger partial charge is 0.274 e. The highest BCUT2D eigenvalue weighted by Crippen LogP contribution is 2.34. The van der Waals surface area contributed by atoms with E-state index in [-0.39, 0.29) is 21.7 Å². The van der Waals surface area contributed by atoms with Crippen LogP contribution in [0.1, 0.15) is 23.9 Å². The maximum atomic E-state index is 12.7. The molecule has 0 fully saturated rings. The van der Waals surface area contributed by atoms with Crippen molar-refractivity contribution in [2.75, 3.05) is 4.72 Å². The Morgan fingerprint density at radius 1 is 1.15 bits per heavy atom.